The summed E-state index contributed by atoms with van der Waals surface area (Å²) in [5.74, 6) is 1.06. The standard InChI is InChI=1S/C13H17ClN2OS/c1-2-10-8-16(5-6-18-10)13(17)9-3-4-12(15)11(14)7-9/h3-4,7,10H,2,5-6,8,15H2,1H3. The molecular formula is C13H17ClN2OS. The lowest BCUT2D eigenvalue weighted by Gasteiger charge is -2.32. The molecule has 1 fully saturated rings. The Hall–Kier alpha value is -0.870. The van der Waals surface area contributed by atoms with E-state index in [1.165, 1.54) is 0 Å². The highest BCUT2D eigenvalue weighted by atomic mass is 35.5. The predicted molar refractivity (Wildman–Crippen MR) is 78.3 cm³/mol. The average molecular weight is 285 g/mol. The molecule has 0 aromatic heterocycles. The van der Waals surface area contributed by atoms with Crippen molar-refractivity contribution in [3.05, 3.63) is 28.8 Å². The van der Waals surface area contributed by atoms with Crippen LogP contribution >= 0.6 is 23.4 Å². The molecule has 0 spiro atoms. The van der Waals surface area contributed by atoms with Gasteiger partial charge in [0.1, 0.15) is 0 Å². The van der Waals surface area contributed by atoms with Gasteiger partial charge in [0.2, 0.25) is 0 Å². The molecule has 18 heavy (non-hydrogen) atoms. The third-order valence-electron chi connectivity index (χ3n) is 3.13. The SMILES string of the molecule is CCC1CN(C(=O)c2ccc(N)c(Cl)c2)CCS1. The minimum absolute atomic E-state index is 0.0515. The Balaban J connectivity index is 2.12. The summed E-state index contributed by atoms with van der Waals surface area (Å²) < 4.78 is 0. The molecule has 2 N–H and O–H groups in total. The Bertz CT molecular complexity index is 453. The normalized spacial score (nSPS) is 19.9. The van der Waals surface area contributed by atoms with Crippen LogP contribution in [0.4, 0.5) is 5.69 Å². The van der Waals surface area contributed by atoms with Gasteiger partial charge in [0.25, 0.3) is 5.91 Å². The van der Waals surface area contributed by atoms with E-state index >= 15 is 0 Å². The number of nitrogen functional groups attached to an aromatic ring is 1. The molecule has 98 valence electrons. The van der Waals surface area contributed by atoms with E-state index in [0.29, 0.717) is 21.5 Å². The zero-order chi connectivity index (χ0) is 13.1. The predicted octanol–water partition coefficient (Wildman–Crippen LogP) is 2.89. The van der Waals surface area contributed by atoms with E-state index in [2.05, 4.69) is 6.92 Å². The number of carbonyl (C=O) groups is 1. The quantitative estimate of drug-likeness (QED) is 0.850. The summed E-state index contributed by atoms with van der Waals surface area (Å²) >= 11 is 7.90. The van der Waals surface area contributed by atoms with Gasteiger partial charge < -0.3 is 10.6 Å². The van der Waals surface area contributed by atoms with Gasteiger partial charge in [0.05, 0.1) is 10.7 Å². The number of hydrogen-bond acceptors (Lipinski definition) is 3. The van der Waals surface area contributed by atoms with Crippen molar-refractivity contribution in [2.75, 3.05) is 24.6 Å². The second kappa shape index (κ2) is 5.85. The maximum atomic E-state index is 12.3. The Morgan fingerprint density at radius 3 is 3.06 bits per heavy atom. The molecule has 1 aliphatic heterocycles. The van der Waals surface area contributed by atoms with Crippen molar-refractivity contribution >= 4 is 35.0 Å². The molecular weight excluding hydrogens is 268 g/mol. The van der Waals surface area contributed by atoms with Crippen LogP contribution in [0.1, 0.15) is 23.7 Å². The third-order valence-corrected chi connectivity index (χ3v) is 4.83. The van der Waals surface area contributed by atoms with Crippen LogP contribution in [0.25, 0.3) is 0 Å². The largest absolute Gasteiger partial charge is 0.398 e. The summed E-state index contributed by atoms with van der Waals surface area (Å²) in [4.78, 5) is 14.3. The van der Waals surface area contributed by atoms with Crippen molar-refractivity contribution in [2.24, 2.45) is 0 Å². The number of amides is 1. The first-order chi connectivity index (χ1) is 8.61. The first kappa shape index (κ1) is 13.6. The van der Waals surface area contributed by atoms with Gasteiger partial charge >= 0.3 is 0 Å². The zero-order valence-electron chi connectivity index (χ0n) is 10.4. The molecule has 1 saturated heterocycles. The summed E-state index contributed by atoms with van der Waals surface area (Å²) in [6.07, 6.45) is 1.09. The number of benzene rings is 1. The molecule has 1 unspecified atom stereocenters. The Kier molecular flexibility index (Phi) is 4.40. The molecule has 2 rings (SSSR count). The lowest BCUT2D eigenvalue weighted by molar-refractivity contribution is 0.0761. The van der Waals surface area contributed by atoms with Crippen molar-refractivity contribution in [2.45, 2.75) is 18.6 Å². The van der Waals surface area contributed by atoms with Crippen LogP contribution in [-0.4, -0.2) is 34.9 Å². The van der Waals surface area contributed by atoms with Crippen molar-refractivity contribution in [3.63, 3.8) is 0 Å². The summed E-state index contributed by atoms with van der Waals surface area (Å²) in [6, 6.07) is 5.08. The van der Waals surface area contributed by atoms with Crippen LogP contribution in [0.3, 0.4) is 0 Å². The molecule has 0 saturated carbocycles. The van der Waals surface area contributed by atoms with Crippen LogP contribution in [0.15, 0.2) is 18.2 Å². The fraction of sp³-hybridized carbons (Fsp3) is 0.462. The van der Waals surface area contributed by atoms with Crippen molar-refractivity contribution in [1.29, 1.82) is 0 Å². The number of hydrogen-bond donors (Lipinski definition) is 1. The molecule has 3 nitrogen and oxygen atoms in total. The zero-order valence-corrected chi connectivity index (χ0v) is 11.9. The number of nitrogens with two attached hydrogens (primary N) is 1. The molecule has 1 aromatic rings. The molecule has 0 aliphatic carbocycles. The second-order valence-electron chi connectivity index (χ2n) is 4.39. The maximum Gasteiger partial charge on any atom is 0.253 e. The number of thioether (sulfide) groups is 1. The molecule has 1 amide bonds. The number of anilines is 1. The first-order valence-corrected chi connectivity index (χ1v) is 7.50. The molecule has 5 heteroatoms. The minimum Gasteiger partial charge on any atom is -0.398 e. The molecule has 1 aromatic carbocycles. The van der Waals surface area contributed by atoms with E-state index in [1.807, 2.05) is 16.7 Å². The van der Waals surface area contributed by atoms with Gasteiger partial charge in [-0.15, -0.1) is 0 Å². The summed E-state index contributed by atoms with van der Waals surface area (Å²) in [5, 5.41) is 0.992. The summed E-state index contributed by atoms with van der Waals surface area (Å²) in [5.41, 5.74) is 6.78. The Morgan fingerprint density at radius 2 is 2.39 bits per heavy atom. The van der Waals surface area contributed by atoms with Gasteiger partial charge in [0, 0.05) is 29.7 Å². The van der Waals surface area contributed by atoms with Gasteiger partial charge in [-0.2, -0.15) is 11.8 Å². The van der Waals surface area contributed by atoms with E-state index < -0.39 is 0 Å². The Labute approximate surface area is 117 Å². The summed E-state index contributed by atoms with van der Waals surface area (Å²) in [7, 11) is 0. The lowest BCUT2D eigenvalue weighted by Crippen LogP contribution is -2.41. The van der Waals surface area contributed by atoms with E-state index in [-0.39, 0.29) is 5.91 Å². The van der Waals surface area contributed by atoms with Gasteiger partial charge in [-0.25, -0.2) is 0 Å². The number of rotatable bonds is 2. The number of carbonyl (C=O) groups excluding carboxylic acids is 1. The van der Waals surface area contributed by atoms with Crippen LogP contribution in [0, 0.1) is 0 Å². The fourth-order valence-corrected chi connectivity index (χ4v) is 3.35. The molecule has 1 aliphatic rings. The minimum atomic E-state index is 0.0515. The van der Waals surface area contributed by atoms with Gasteiger partial charge in [-0.05, 0) is 24.6 Å². The fourth-order valence-electron chi connectivity index (χ4n) is 1.99. The second-order valence-corrected chi connectivity index (χ2v) is 6.20. The Morgan fingerprint density at radius 1 is 1.61 bits per heavy atom. The van der Waals surface area contributed by atoms with Gasteiger partial charge in [-0.3, -0.25) is 4.79 Å². The maximum absolute atomic E-state index is 12.3. The van der Waals surface area contributed by atoms with Crippen LogP contribution in [0.2, 0.25) is 5.02 Å². The summed E-state index contributed by atoms with van der Waals surface area (Å²) in [6.45, 7) is 3.79. The highest BCUT2D eigenvalue weighted by molar-refractivity contribution is 8.00. The number of halogens is 1. The van der Waals surface area contributed by atoms with E-state index in [9.17, 15) is 4.79 Å². The number of nitrogens with zero attached hydrogens (tertiary/aromatic N) is 1. The van der Waals surface area contributed by atoms with Crippen molar-refractivity contribution in [3.8, 4) is 0 Å². The molecule has 0 bridgehead atoms. The van der Waals surface area contributed by atoms with Gasteiger partial charge in [-0.1, -0.05) is 18.5 Å². The van der Waals surface area contributed by atoms with Crippen molar-refractivity contribution < 1.29 is 4.79 Å². The average Bonchev–Trinajstić information content (AvgIpc) is 2.41. The lowest BCUT2D eigenvalue weighted by atomic mass is 10.1. The molecule has 1 atom stereocenters. The monoisotopic (exact) mass is 284 g/mol. The van der Waals surface area contributed by atoms with Gasteiger partial charge in [0.15, 0.2) is 0 Å². The third kappa shape index (κ3) is 2.93. The van der Waals surface area contributed by atoms with E-state index in [0.717, 1.165) is 25.3 Å². The van der Waals surface area contributed by atoms with Crippen LogP contribution in [0.5, 0.6) is 0 Å². The highest BCUT2D eigenvalue weighted by Gasteiger charge is 2.24. The van der Waals surface area contributed by atoms with Crippen molar-refractivity contribution in [1.82, 2.24) is 4.90 Å². The first-order valence-electron chi connectivity index (χ1n) is 6.07. The van der Waals surface area contributed by atoms with E-state index in [4.69, 9.17) is 17.3 Å². The smallest absolute Gasteiger partial charge is 0.253 e. The molecule has 0 radical (unpaired) electrons. The van der Waals surface area contributed by atoms with Crippen LogP contribution < -0.4 is 5.73 Å². The van der Waals surface area contributed by atoms with Crippen LogP contribution in [-0.2, 0) is 0 Å². The molecule has 1 heterocycles. The van der Waals surface area contributed by atoms with E-state index in [1.54, 1.807) is 18.2 Å². The topological polar surface area (TPSA) is 46.3 Å². The highest BCUT2D eigenvalue weighted by Crippen LogP contribution is 2.24.